The largest absolute Gasteiger partial charge is 0.484 e. The Morgan fingerprint density at radius 3 is 2.47 bits per heavy atom. The Hall–Kier alpha value is -3.70. The molecule has 5 nitrogen and oxygen atoms in total. The maximum absolute atomic E-state index is 12.0. The van der Waals surface area contributed by atoms with Crippen LogP contribution in [0.4, 0.5) is 0 Å². The predicted octanol–water partition coefficient (Wildman–Crippen LogP) is 5.08. The molecule has 0 atom stereocenters. The third kappa shape index (κ3) is 4.82. The summed E-state index contributed by atoms with van der Waals surface area (Å²) in [5.41, 5.74) is 6.06. The average Bonchev–Trinajstić information content (AvgIpc) is 2.79. The van der Waals surface area contributed by atoms with Crippen molar-refractivity contribution < 1.29 is 9.53 Å². The molecule has 0 aliphatic carbocycles. The molecule has 1 N–H and O–H groups in total. The van der Waals surface area contributed by atoms with E-state index in [-0.39, 0.29) is 12.5 Å². The van der Waals surface area contributed by atoms with Crippen LogP contribution in [0.1, 0.15) is 5.56 Å². The summed E-state index contributed by atoms with van der Waals surface area (Å²) in [5.74, 6) is 0.235. The molecule has 0 saturated carbocycles. The average molecular weight is 416 g/mol. The SMILES string of the molecule is O=C(COc1ccc(-c2ccccc2)cc1)N/N=C\c1cc2ccccc2nc1Cl. The number of hydrazone groups is 1. The number of rotatable bonds is 6. The van der Waals surface area contributed by atoms with Gasteiger partial charge in [-0.15, -0.1) is 0 Å². The number of nitrogens with one attached hydrogen (secondary N) is 1. The number of ether oxygens (including phenoxy) is 1. The molecule has 0 unspecified atom stereocenters. The van der Waals surface area contributed by atoms with Crippen molar-refractivity contribution in [3.63, 3.8) is 0 Å². The normalized spacial score (nSPS) is 11.0. The van der Waals surface area contributed by atoms with E-state index in [1.165, 1.54) is 6.21 Å². The number of halogens is 1. The number of para-hydroxylation sites is 1. The zero-order valence-electron chi connectivity index (χ0n) is 16.0. The van der Waals surface area contributed by atoms with Crippen molar-refractivity contribution in [1.29, 1.82) is 0 Å². The van der Waals surface area contributed by atoms with Crippen LogP contribution in [0.2, 0.25) is 5.15 Å². The van der Waals surface area contributed by atoms with Crippen molar-refractivity contribution in [3.05, 3.63) is 95.6 Å². The summed E-state index contributed by atoms with van der Waals surface area (Å²) in [6.45, 7) is -0.147. The highest BCUT2D eigenvalue weighted by Gasteiger charge is 2.05. The molecule has 0 saturated heterocycles. The fraction of sp³-hybridized carbons (Fsp3) is 0.0417. The first kappa shape index (κ1) is 19.6. The van der Waals surface area contributed by atoms with Crippen molar-refractivity contribution in [2.75, 3.05) is 6.61 Å². The molecule has 30 heavy (non-hydrogen) atoms. The number of amides is 1. The number of nitrogens with zero attached hydrogens (tertiary/aromatic N) is 2. The van der Waals surface area contributed by atoms with Gasteiger partial charge in [-0.25, -0.2) is 10.4 Å². The van der Waals surface area contributed by atoms with E-state index in [1.807, 2.05) is 84.9 Å². The van der Waals surface area contributed by atoms with E-state index < -0.39 is 0 Å². The van der Waals surface area contributed by atoms with E-state index in [2.05, 4.69) is 15.5 Å². The van der Waals surface area contributed by atoms with Gasteiger partial charge < -0.3 is 4.74 Å². The van der Waals surface area contributed by atoms with E-state index >= 15 is 0 Å². The maximum Gasteiger partial charge on any atom is 0.277 e. The Kier molecular flexibility index (Phi) is 6.01. The van der Waals surface area contributed by atoms with Gasteiger partial charge in [0.2, 0.25) is 0 Å². The Morgan fingerprint density at radius 2 is 1.67 bits per heavy atom. The molecule has 1 aromatic heterocycles. The van der Waals surface area contributed by atoms with Crippen LogP contribution < -0.4 is 10.2 Å². The molecule has 0 aliphatic rings. The molecule has 1 heterocycles. The van der Waals surface area contributed by atoms with Crippen LogP contribution in [0.3, 0.4) is 0 Å². The zero-order chi connectivity index (χ0) is 20.8. The Labute approximate surface area is 179 Å². The number of hydrogen-bond donors (Lipinski definition) is 1. The summed E-state index contributed by atoms with van der Waals surface area (Å²) in [7, 11) is 0. The highest BCUT2D eigenvalue weighted by atomic mass is 35.5. The molecular formula is C24H18ClN3O2. The van der Waals surface area contributed by atoms with Crippen LogP contribution in [-0.4, -0.2) is 23.7 Å². The quantitative estimate of drug-likeness (QED) is 0.271. The molecule has 3 aromatic carbocycles. The maximum atomic E-state index is 12.0. The lowest BCUT2D eigenvalue weighted by Gasteiger charge is -2.07. The van der Waals surface area contributed by atoms with Gasteiger partial charge in [0.25, 0.3) is 5.91 Å². The number of carbonyl (C=O) groups excluding carboxylic acids is 1. The minimum absolute atomic E-state index is 0.147. The first-order valence-electron chi connectivity index (χ1n) is 9.34. The van der Waals surface area contributed by atoms with Gasteiger partial charge in [0.05, 0.1) is 11.7 Å². The molecule has 4 rings (SSSR count). The van der Waals surface area contributed by atoms with Gasteiger partial charge in [0.15, 0.2) is 6.61 Å². The summed E-state index contributed by atoms with van der Waals surface area (Å²) in [6.07, 6.45) is 1.47. The van der Waals surface area contributed by atoms with Crippen LogP contribution in [0.15, 0.2) is 90.0 Å². The van der Waals surface area contributed by atoms with Crippen LogP contribution in [0.25, 0.3) is 22.0 Å². The minimum atomic E-state index is -0.372. The summed E-state index contributed by atoms with van der Waals surface area (Å²) < 4.78 is 5.52. The second-order valence-electron chi connectivity index (χ2n) is 6.53. The molecule has 148 valence electrons. The van der Waals surface area contributed by atoms with Crippen molar-refractivity contribution in [3.8, 4) is 16.9 Å². The molecule has 0 bridgehead atoms. The van der Waals surface area contributed by atoms with E-state index in [4.69, 9.17) is 16.3 Å². The van der Waals surface area contributed by atoms with Crippen molar-refractivity contribution >= 4 is 34.6 Å². The number of carbonyl (C=O) groups is 1. The van der Waals surface area contributed by atoms with E-state index in [9.17, 15) is 4.79 Å². The number of aromatic nitrogens is 1. The second-order valence-corrected chi connectivity index (χ2v) is 6.89. The Balaban J connectivity index is 1.31. The Bertz CT molecular complexity index is 1190. The molecule has 6 heteroatoms. The molecule has 0 aliphatic heterocycles. The number of hydrogen-bond acceptors (Lipinski definition) is 4. The molecule has 0 fully saturated rings. The first-order chi connectivity index (χ1) is 14.7. The standard InChI is InChI=1S/C24H18ClN3O2/c25-24-20(14-19-8-4-5-9-22(19)27-24)15-26-28-23(29)16-30-21-12-10-18(11-13-21)17-6-2-1-3-7-17/h1-15H,16H2,(H,28,29)/b26-15-. The van der Waals surface area contributed by atoms with Crippen LogP contribution in [0, 0.1) is 0 Å². The monoisotopic (exact) mass is 415 g/mol. The molecule has 0 spiro atoms. The third-order valence-electron chi connectivity index (χ3n) is 4.43. The fourth-order valence-electron chi connectivity index (χ4n) is 2.93. The van der Waals surface area contributed by atoms with E-state index in [0.29, 0.717) is 16.5 Å². The lowest BCUT2D eigenvalue weighted by atomic mass is 10.1. The van der Waals surface area contributed by atoms with Crippen LogP contribution >= 0.6 is 11.6 Å². The summed E-state index contributed by atoms with van der Waals surface area (Å²) >= 11 is 6.18. The minimum Gasteiger partial charge on any atom is -0.484 e. The fourth-order valence-corrected chi connectivity index (χ4v) is 3.12. The van der Waals surface area contributed by atoms with Gasteiger partial charge >= 0.3 is 0 Å². The van der Waals surface area contributed by atoms with Gasteiger partial charge in [0, 0.05) is 10.9 Å². The van der Waals surface area contributed by atoms with Gasteiger partial charge in [-0.05, 0) is 35.4 Å². The zero-order valence-corrected chi connectivity index (χ0v) is 16.7. The molecule has 1 amide bonds. The highest BCUT2D eigenvalue weighted by molar-refractivity contribution is 6.32. The van der Waals surface area contributed by atoms with Gasteiger partial charge in [-0.1, -0.05) is 72.3 Å². The van der Waals surface area contributed by atoms with Gasteiger partial charge in [-0.2, -0.15) is 5.10 Å². The second kappa shape index (κ2) is 9.20. The third-order valence-corrected chi connectivity index (χ3v) is 4.73. The molecule has 4 aromatic rings. The lowest BCUT2D eigenvalue weighted by Crippen LogP contribution is -2.24. The summed E-state index contributed by atoms with van der Waals surface area (Å²) in [6, 6.07) is 27.1. The summed E-state index contributed by atoms with van der Waals surface area (Å²) in [4.78, 5) is 16.3. The van der Waals surface area contributed by atoms with E-state index in [0.717, 1.165) is 22.0 Å². The van der Waals surface area contributed by atoms with Crippen molar-refractivity contribution in [2.24, 2.45) is 5.10 Å². The number of fused-ring (bicyclic) bond motifs is 1. The van der Waals surface area contributed by atoms with E-state index in [1.54, 1.807) is 0 Å². The van der Waals surface area contributed by atoms with Crippen LogP contribution in [-0.2, 0) is 4.79 Å². The summed E-state index contributed by atoms with van der Waals surface area (Å²) in [5, 5.41) is 5.21. The van der Waals surface area contributed by atoms with Crippen molar-refractivity contribution in [1.82, 2.24) is 10.4 Å². The Morgan fingerprint density at radius 1 is 0.967 bits per heavy atom. The topological polar surface area (TPSA) is 63.6 Å². The van der Waals surface area contributed by atoms with Gasteiger partial charge in [0.1, 0.15) is 10.9 Å². The number of pyridine rings is 1. The molecular weight excluding hydrogens is 398 g/mol. The predicted molar refractivity (Wildman–Crippen MR) is 120 cm³/mol. The van der Waals surface area contributed by atoms with Gasteiger partial charge in [-0.3, -0.25) is 4.79 Å². The van der Waals surface area contributed by atoms with Crippen LogP contribution in [0.5, 0.6) is 5.75 Å². The molecule has 0 radical (unpaired) electrons. The highest BCUT2D eigenvalue weighted by Crippen LogP contribution is 2.22. The lowest BCUT2D eigenvalue weighted by molar-refractivity contribution is -0.123. The smallest absolute Gasteiger partial charge is 0.277 e. The first-order valence-corrected chi connectivity index (χ1v) is 9.72. The van der Waals surface area contributed by atoms with Crippen molar-refractivity contribution in [2.45, 2.75) is 0 Å². The number of benzene rings is 3.